The third-order valence-electron chi connectivity index (χ3n) is 4.44. The van der Waals surface area contributed by atoms with Gasteiger partial charge in [0.25, 0.3) is 5.91 Å². The number of likely N-dealkylation sites (tertiary alicyclic amines) is 1. The Labute approximate surface area is 148 Å². The SMILES string of the molecule is CN(C)c1ccc(NC2CC(=O)N(CCc3ccccc3)C2=O)cc1. The van der Waals surface area contributed by atoms with Gasteiger partial charge in [0.1, 0.15) is 6.04 Å². The molecule has 0 aromatic heterocycles. The largest absolute Gasteiger partial charge is 0.378 e. The number of benzene rings is 2. The molecule has 0 spiro atoms. The molecule has 2 amide bonds. The van der Waals surface area contributed by atoms with Crippen molar-refractivity contribution in [2.45, 2.75) is 18.9 Å². The lowest BCUT2D eigenvalue weighted by Gasteiger charge is -2.17. The van der Waals surface area contributed by atoms with Gasteiger partial charge in [-0.3, -0.25) is 14.5 Å². The van der Waals surface area contributed by atoms with Crippen molar-refractivity contribution >= 4 is 23.2 Å². The van der Waals surface area contributed by atoms with E-state index in [1.807, 2.05) is 73.6 Å². The van der Waals surface area contributed by atoms with Gasteiger partial charge in [-0.2, -0.15) is 0 Å². The highest BCUT2D eigenvalue weighted by Gasteiger charge is 2.38. The predicted molar refractivity (Wildman–Crippen MR) is 99.7 cm³/mol. The van der Waals surface area contributed by atoms with Gasteiger partial charge in [0.2, 0.25) is 5.91 Å². The van der Waals surface area contributed by atoms with Crippen molar-refractivity contribution in [1.29, 1.82) is 0 Å². The van der Waals surface area contributed by atoms with Crippen LogP contribution >= 0.6 is 0 Å². The Morgan fingerprint density at radius 1 is 1.04 bits per heavy atom. The van der Waals surface area contributed by atoms with Gasteiger partial charge < -0.3 is 10.2 Å². The van der Waals surface area contributed by atoms with E-state index in [9.17, 15) is 9.59 Å². The number of hydrogen-bond acceptors (Lipinski definition) is 4. The molecule has 1 saturated heterocycles. The van der Waals surface area contributed by atoms with Crippen molar-refractivity contribution in [1.82, 2.24) is 4.90 Å². The van der Waals surface area contributed by atoms with E-state index < -0.39 is 6.04 Å². The van der Waals surface area contributed by atoms with Crippen LogP contribution in [-0.2, 0) is 16.0 Å². The van der Waals surface area contributed by atoms with Gasteiger partial charge in [-0.25, -0.2) is 0 Å². The maximum atomic E-state index is 12.6. The monoisotopic (exact) mass is 337 g/mol. The lowest BCUT2D eigenvalue weighted by atomic mass is 10.1. The molecule has 3 rings (SSSR count). The molecule has 1 unspecified atom stereocenters. The number of amides is 2. The Kier molecular flexibility index (Phi) is 5.03. The van der Waals surface area contributed by atoms with Crippen LogP contribution in [0.3, 0.4) is 0 Å². The smallest absolute Gasteiger partial charge is 0.252 e. The molecule has 5 heteroatoms. The van der Waals surface area contributed by atoms with Gasteiger partial charge in [-0.15, -0.1) is 0 Å². The van der Waals surface area contributed by atoms with Gasteiger partial charge >= 0.3 is 0 Å². The summed E-state index contributed by atoms with van der Waals surface area (Å²) in [6.07, 6.45) is 0.894. The molecule has 1 fully saturated rings. The summed E-state index contributed by atoms with van der Waals surface area (Å²) in [5.41, 5.74) is 3.06. The number of carbonyl (C=O) groups is 2. The summed E-state index contributed by atoms with van der Waals surface area (Å²) >= 11 is 0. The molecule has 1 aliphatic rings. The first-order valence-corrected chi connectivity index (χ1v) is 8.46. The highest BCUT2D eigenvalue weighted by Crippen LogP contribution is 2.21. The molecule has 2 aromatic rings. The average molecular weight is 337 g/mol. The van der Waals surface area contributed by atoms with Crippen molar-refractivity contribution in [2.75, 3.05) is 30.9 Å². The zero-order valence-corrected chi connectivity index (χ0v) is 14.6. The van der Waals surface area contributed by atoms with E-state index >= 15 is 0 Å². The van der Waals surface area contributed by atoms with Crippen LogP contribution in [0.25, 0.3) is 0 Å². The minimum Gasteiger partial charge on any atom is -0.378 e. The van der Waals surface area contributed by atoms with Crippen LogP contribution in [0.5, 0.6) is 0 Å². The molecule has 130 valence electrons. The molecule has 0 radical (unpaired) electrons. The average Bonchev–Trinajstić information content (AvgIpc) is 2.88. The summed E-state index contributed by atoms with van der Waals surface area (Å²) in [6, 6.07) is 17.2. The summed E-state index contributed by atoms with van der Waals surface area (Å²) < 4.78 is 0. The van der Waals surface area contributed by atoms with E-state index in [1.54, 1.807) is 0 Å². The number of nitrogens with one attached hydrogen (secondary N) is 1. The molecule has 0 aliphatic carbocycles. The Morgan fingerprint density at radius 3 is 2.36 bits per heavy atom. The zero-order valence-electron chi connectivity index (χ0n) is 14.6. The van der Waals surface area contributed by atoms with E-state index in [4.69, 9.17) is 0 Å². The number of imide groups is 1. The second kappa shape index (κ2) is 7.38. The van der Waals surface area contributed by atoms with Crippen molar-refractivity contribution in [3.05, 3.63) is 60.2 Å². The first-order chi connectivity index (χ1) is 12.0. The Balaban J connectivity index is 1.60. The molecular formula is C20H23N3O2. The maximum absolute atomic E-state index is 12.6. The summed E-state index contributed by atoms with van der Waals surface area (Å²) in [4.78, 5) is 28.1. The highest BCUT2D eigenvalue weighted by atomic mass is 16.2. The van der Waals surface area contributed by atoms with Crippen LogP contribution in [0.1, 0.15) is 12.0 Å². The predicted octanol–water partition coefficient (Wildman–Crippen LogP) is 2.53. The summed E-state index contributed by atoms with van der Waals surface area (Å²) in [7, 11) is 3.96. The minimum atomic E-state index is -0.478. The molecule has 25 heavy (non-hydrogen) atoms. The number of carbonyl (C=O) groups excluding carboxylic acids is 2. The van der Waals surface area contributed by atoms with E-state index in [0.717, 1.165) is 16.9 Å². The van der Waals surface area contributed by atoms with Gasteiger partial charge in [0.05, 0.1) is 6.42 Å². The van der Waals surface area contributed by atoms with Gasteiger partial charge in [-0.05, 0) is 36.2 Å². The second-order valence-electron chi connectivity index (χ2n) is 6.46. The second-order valence-corrected chi connectivity index (χ2v) is 6.46. The lowest BCUT2D eigenvalue weighted by Crippen LogP contribution is -2.36. The number of nitrogens with zero attached hydrogens (tertiary/aromatic N) is 2. The first kappa shape index (κ1) is 17.0. The van der Waals surface area contributed by atoms with E-state index in [0.29, 0.717) is 13.0 Å². The van der Waals surface area contributed by atoms with Crippen LogP contribution < -0.4 is 10.2 Å². The summed E-state index contributed by atoms with van der Waals surface area (Å²) in [5, 5.41) is 3.18. The Hall–Kier alpha value is -2.82. The van der Waals surface area contributed by atoms with E-state index in [1.165, 1.54) is 4.90 Å². The van der Waals surface area contributed by atoms with Crippen LogP contribution in [-0.4, -0.2) is 43.4 Å². The lowest BCUT2D eigenvalue weighted by molar-refractivity contribution is -0.138. The molecule has 0 saturated carbocycles. The fourth-order valence-corrected chi connectivity index (χ4v) is 2.97. The number of hydrogen-bond donors (Lipinski definition) is 1. The Bertz CT molecular complexity index is 741. The van der Waals surface area contributed by atoms with Crippen molar-refractivity contribution in [2.24, 2.45) is 0 Å². The molecule has 5 nitrogen and oxygen atoms in total. The van der Waals surface area contributed by atoms with Gasteiger partial charge in [-0.1, -0.05) is 30.3 Å². The van der Waals surface area contributed by atoms with Crippen LogP contribution in [0.4, 0.5) is 11.4 Å². The third-order valence-corrected chi connectivity index (χ3v) is 4.44. The summed E-state index contributed by atoms with van der Waals surface area (Å²) in [6.45, 7) is 0.430. The maximum Gasteiger partial charge on any atom is 0.252 e. The fourth-order valence-electron chi connectivity index (χ4n) is 2.97. The van der Waals surface area contributed by atoms with E-state index in [2.05, 4.69) is 5.32 Å². The Morgan fingerprint density at radius 2 is 1.72 bits per heavy atom. The van der Waals surface area contributed by atoms with Gasteiger partial charge in [0, 0.05) is 32.0 Å². The molecule has 2 aromatic carbocycles. The minimum absolute atomic E-state index is 0.108. The summed E-state index contributed by atoms with van der Waals surface area (Å²) in [5.74, 6) is -0.249. The molecule has 1 aliphatic heterocycles. The number of rotatable bonds is 6. The van der Waals surface area contributed by atoms with E-state index in [-0.39, 0.29) is 18.2 Å². The number of anilines is 2. The first-order valence-electron chi connectivity index (χ1n) is 8.46. The van der Waals surface area contributed by atoms with Crippen molar-refractivity contribution in [3.63, 3.8) is 0 Å². The molecular weight excluding hydrogens is 314 g/mol. The van der Waals surface area contributed by atoms with Crippen LogP contribution in [0, 0.1) is 0 Å². The molecule has 1 N–H and O–H groups in total. The third kappa shape index (κ3) is 3.99. The molecule has 1 heterocycles. The van der Waals surface area contributed by atoms with Crippen LogP contribution in [0.2, 0.25) is 0 Å². The van der Waals surface area contributed by atoms with Gasteiger partial charge in [0.15, 0.2) is 0 Å². The molecule has 0 bridgehead atoms. The normalized spacial score (nSPS) is 17.0. The molecule has 1 atom stereocenters. The fraction of sp³-hybridized carbons (Fsp3) is 0.300. The van der Waals surface area contributed by atoms with Crippen LogP contribution in [0.15, 0.2) is 54.6 Å². The zero-order chi connectivity index (χ0) is 17.8. The topological polar surface area (TPSA) is 52.7 Å². The standard InChI is InChI=1S/C20H23N3O2/c1-22(2)17-10-8-16(9-11-17)21-18-14-19(24)23(20(18)25)13-12-15-6-4-3-5-7-15/h3-11,18,21H,12-14H2,1-2H3. The van der Waals surface area contributed by atoms with Crippen molar-refractivity contribution in [3.8, 4) is 0 Å². The highest BCUT2D eigenvalue weighted by molar-refractivity contribution is 6.06. The van der Waals surface area contributed by atoms with Crippen molar-refractivity contribution < 1.29 is 9.59 Å². The quantitative estimate of drug-likeness (QED) is 0.823.